The van der Waals surface area contributed by atoms with Crippen molar-refractivity contribution in [2.24, 2.45) is 0 Å². The summed E-state index contributed by atoms with van der Waals surface area (Å²) in [5.74, 6) is 0. The van der Waals surface area contributed by atoms with Crippen molar-refractivity contribution in [3.05, 3.63) is 109 Å². The first-order valence-corrected chi connectivity index (χ1v) is 5.73. The second-order valence-corrected chi connectivity index (χ2v) is 3.23. The maximum absolute atomic E-state index is 2.89. The fourth-order valence-corrected chi connectivity index (χ4v) is 1.03. The second kappa shape index (κ2) is 34.4. The molecule has 0 fully saturated rings. The van der Waals surface area contributed by atoms with Crippen LogP contribution in [0.3, 0.4) is 0 Å². The van der Waals surface area contributed by atoms with Gasteiger partial charge in [0.2, 0.25) is 0 Å². The average Bonchev–Trinajstić information content (AvgIpc) is 2.54. The molecule has 0 spiro atoms. The molecule has 0 unspecified atom stereocenters. The molecule has 0 heterocycles. The Bertz CT molecular complexity index is 319. The minimum absolute atomic E-state index is 0. The van der Waals surface area contributed by atoms with E-state index in [4.69, 9.17) is 0 Å². The summed E-state index contributed by atoms with van der Waals surface area (Å²) in [4.78, 5) is 0. The van der Waals surface area contributed by atoms with E-state index in [9.17, 15) is 0 Å². The van der Waals surface area contributed by atoms with E-state index in [1.54, 1.807) is 0 Å². The van der Waals surface area contributed by atoms with Crippen LogP contribution in [0.1, 0.15) is 0 Å². The Balaban J connectivity index is -0.0000000450. The summed E-state index contributed by atoms with van der Waals surface area (Å²) in [5.41, 5.74) is 0. The number of halogens is 2. The van der Waals surface area contributed by atoms with Crippen LogP contribution >= 0.6 is 0 Å². The second-order valence-electron chi connectivity index (χ2n) is 3.23. The first kappa shape index (κ1) is 39.2. The quantitative estimate of drug-likeness (QED) is 0.213. The van der Waals surface area contributed by atoms with Crippen LogP contribution in [0.15, 0.2) is 91.0 Å². The normalized spacial score (nSPS) is 6.00. The van der Waals surface area contributed by atoms with Gasteiger partial charge in [-0.2, -0.15) is 109 Å². The molecule has 0 bridgehead atoms. The van der Waals surface area contributed by atoms with Gasteiger partial charge in [0.25, 0.3) is 0 Å². The molecule has 0 saturated carbocycles. The first-order valence-electron chi connectivity index (χ1n) is 5.73. The molecule has 6 heteroatoms. The van der Waals surface area contributed by atoms with Crippen LogP contribution in [0, 0.1) is 18.2 Å². The van der Waals surface area contributed by atoms with Gasteiger partial charge in [0.05, 0.1) is 0 Å². The third kappa shape index (κ3) is 30.0. The van der Waals surface area contributed by atoms with Gasteiger partial charge in [-0.25, -0.2) is 0 Å². The van der Waals surface area contributed by atoms with Crippen molar-refractivity contribution in [3.63, 3.8) is 0 Å². The number of hydrogen-bond donors (Lipinski definition) is 0. The van der Waals surface area contributed by atoms with Crippen molar-refractivity contribution in [2.45, 2.75) is 0 Å². The summed E-state index contributed by atoms with van der Waals surface area (Å²) in [6, 6.07) is 37.5. The van der Waals surface area contributed by atoms with Crippen LogP contribution in [0.25, 0.3) is 0 Å². The minimum Gasteiger partial charge on any atom is -2.00 e. The van der Waals surface area contributed by atoms with Crippen molar-refractivity contribution in [3.8, 4) is 0 Å². The van der Waals surface area contributed by atoms with Gasteiger partial charge in [-0.15, -0.1) is 0 Å². The van der Waals surface area contributed by atoms with Crippen molar-refractivity contribution in [1.29, 1.82) is 0 Å². The molecular formula is C18H15Cl2ORu3+11. The SMILES string of the molecule is [Cl-].[Cl-].[O-2].[Ru+6].[Ru+6].[Ru+6].[c-]1ccccc1.[c-]1ccccc1.[c-]1ccccc1. The average molecular weight is 621 g/mol. The molecule has 0 N–H and O–H groups in total. The predicted octanol–water partition coefficient (Wildman–Crippen LogP) is -1.66. The maximum atomic E-state index is 2.89. The summed E-state index contributed by atoms with van der Waals surface area (Å²) in [5, 5.41) is 0. The largest absolute Gasteiger partial charge is 6.00 e. The molecule has 0 aliphatic rings. The van der Waals surface area contributed by atoms with Gasteiger partial charge >= 0.3 is 58.4 Å². The van der Waals surface area contributed by atoms with Gasteiger partial charge in [-0.3, -0.25) is 0 Å². The van der Waals surface area contributed by atoms with Crippen molar-refractivity contribution in [1.82, 2.24) is 0 Å². The smallest absolute Gasteiger partial charge is 2.00 e. The van der Waals surface area contributed by atoms with E-state index < -0.39 is 0 Å². The van der Waals surface area contributed by atoms with Crippen LogP contribution in [-0.4, -0.2) is 0 Å². The van der Waals surface area contributed by atoms with Gasteiger partial charge in [-0.05, 0) is 0 Å². The number of rotatable bonds is 0. The minimum atomic E-state index is 0. The molecule has 0 atom stereocenters. The fraction of sp³-hybridized carbons (Fsp3) is 0. The number of hydrogen-bond acceptors (Lipinski definition) is 0. The van der Waals surface area contributed by atoms with E-state index in [0.29, 0.717) is 0 Å². The van der Waals surface area contributed by atoms with Gasteiger partial charge in [-0.1, -0.05) is 0 Å². The van der Waals surface area contributed by atoms with Gasteiger partial charge < -0.3 is 30.3 Å². The Morgan fingerprint density at radius 2 is 0.500 bits per heavy atom. The molecule has 3 aromatic rings. The summed E-state index contributed by atoms with van der Waals surface area (Å²) in [7, 11) is 0. The van der Waals surface area contributed by atoms with Crippen LogP contribution in [0.4, 0.5) is 0 Å². The monoisotopic (exact) mass is 623 g/mol. The third-order valence-corrected chi connectivity index (χ3v) is 1.82. The Labute approximate surface area is 196 Å². The first-order chi connectivity index (χ1) is 9.00. The molecule has 3 aromatic carbocycles. The Hall–Kier alpha value is 0.0701. The summed E-state index contributed by atoms with van der Waals surface area (Å²) >= 11 is 0. The summed E-state index contributed by atoms with van der Waals surface area (Å²) < 4.78 is 0. The van der Waals surface area contributed by atoms with Gasteiger partial charge in [0, 0.05) is 0 Å². The number of benzene rings is 3. The van der Waals surface area contributed by atoms with Gasteiger partial charge in [0.15, 0.2) is 0 Å². The molecule has 0 amide bonds. The van der Waals surface area contributed by atoms with Crippen LogP contribution in [0.2, 0.25) is 0 Å². The van der Waals surface area contributed by atoms with E-state index in [1.807, 2.05) is 91.0 Å². The molecule has 3 rings (SSSR count). The summed E-state index contributed by atoms with van der Waals surface area (Å²) in [6.07, 6.45) is 0. The molecular weight excluding hydrogens is 606 g/mol. The van der Waals surface area contributed by atoms with E-state index in [2.05, 4.69) is 18.2 Å². The molecule has 0 aliphatic heterocycles. The fourth-order valence-electron chi connectivity index (χ4n) is 1.03. The van der Waals surface area contributed by atoms with E-state index in [-0.39, 0.29) is 88.7 Å². The zero-order valence-corrected chi connectivity index (χ0v) is 19.1. The topological polar surface area (TPSA) is 28.5 Å². The molecule has 1 nitrogen and oxygen atoms in total. The Kier molecular flexibility index (Phi) is 56.3. The zero-order chi connectivity index (χ0) is 12.7. The maximum Gasteiger partial charge on any atom is 6.00 e. The molecule has 120 valence electrons. The third-order valence-electron chi connectivity index (χ3n) is 1.82. The Morgan fingerprint density at radius 1 is 0.333 bits per heavy atom. The van der Waals surface area contributed by atoms with Crippen molar-refractivity contribution >= 4 is 0 Å². The molecule has 0 saturated heterocycles. The molecule has 0 radical (unpaired) electrons. The van der Waals surface area contributed by atoms with E-state index in [0.717, 1.165) is 0 Å². The van der Waals surface area contributed by atoms with Crippen LogP contribution in [0.5, 0.6) is 0 Å². The van der Waals surface area contributed by atoms with E-state index in [1.165, 1.54) is 0 Å². The Morgan fingerprint density at radius 3 is 0.542 bits per heavy atom. The van der Waals surface area contributed by atoms with Crippen LogP contribution in [-0.2, 0) is 63.9 Å². The van der Waals surface area contributed by atoms with E-state index >= 15 is 0 Å². The standard InChI is InChI=1S/3C6H5.2ClH.O.3Ru/c3*1-2-4-6-5-3-1;;;;;;/h3*1-5H;2*1H;;;;/q3*-1;;;-2;3*+6/p-2. The van der Waals surface area contributed by atoms with Crippen molar-refractivity contribution < 1.29 is 88.7 Å². The molecule has 0 aromatic heterocycles. The molecule has 0 aliphatic carbocycles. The predicted molar refractivity (Wildman–Crippen MR) is 76.5 cm³/mol. The summed E-state index contributed by atoms with van der Waals surface area (Å²) in [6.45, 7) is 0. The zero-order valence-electron chi connectivity index (χ0n) is 12.4. The molecule has 24 heavy (non-hydrogen) atoms. The van der Waals surface area contributed by atoms with Crippen molar-refractivity contribution in [2.75, 3.05) is 0 Å². The van der Waals surface area contributed by atoms with Crippen LogP contribution < -0.4 is 24.8 Å². The van der Waals surface area contributed by atoms with Gasteiger partial charge in [0.1, 0.15) is 0 Å².